The quantitative estimate of drug-likeness (QED) is 0.411. The molecule has 34 heavy (non-hydrogen) atoms. The van der Waals surface area contributed by atoms with Crippen molar-refractivity contribution in [1.82, 2.24) is 19.3 Å². The van der Waals surface area contributed by atoms with Crippen LogP contribution in [0.1, 0.15) is 31.1 Å². The first-order chi connectivity index (χ1) is 16.2. The summed E-state index contributed by atoms with van der Waals surface area (Å²) in [5.41, 5.74) is 4.23. The number of hydrogen-bond donors (Lipinski definition) is 1. The molecule has 0 unspecified atom stereocenters. The fourth-order valence-corrected chi connectivity index (χ4v) is 4.94. The maximum Gasteiger partial charge on any atom is 0.387 e. The molecule has 9 heteroatoms. The van der Waals surface area contributed by atoms with Crippen LogP contribution in [-0.4, -0.2) is 39.7 Å². The number of aromatic nitrogens is 4. The van der Waals surface area contributed by atoms with Gasteiger partial charge < -0.3 is 19.4 Å². The number of aryl methyl sites for hydroxylation is 1. The van der Waals surface area contributed by atoms with Crippen molar-refractivity contribution in [2.24, 2.45) is 0 Å². The van der Waals surface area contributed by atoms with E-state index in [1.54, 1.807) is 13.2 Å². The molecule has 2 aromatic carbocycles. The summed E-state index contributed by atoms with van der Waals surface area (Å²) in [4.78, 5) is 0. The Labute approximate surface area is 196 Å². The van der Waals surface area contributed by atoms with Gasteiger partial charge in [-0.1, -0.05) is 12.1 Å². The van der Waals surface area contributed by atoms with Gasteiger partial charge in [0.25, 0.3) is 0 Å². The van der Waals surface area contributed by atoms with E-state index in [9.17, 15) is 8.78 Å². The van der Waals surface area contributed by atoms with Crippen LogP contribution in [0, 0.1) is 13.8 Å². The second-order valence-corrected chi connectivity index (χ2v) is 9.05. The third-order valence-corrected chi connectivity index (χ3v) is 6.40. The van der Waals surface area contributed by atoms with E-state index in [1.807, 2.05) is 62.7 Å². The second-order valence-electron chi connectivity index (χ2n) is 9.05. The molecule has 5 rings (SSSR count). The number of anilines is 1. The smallest absolute Gasteiger partial charge is 0.387 e. The Kier molecular flexibility index (Phi) is 5.31. The van der Waals surface area contributed by atoms with Crippen molar-refractivity contribution in [3.63, 3.8) is 0 Å². The highest BCUT2D eigenvalue weighted by molar-refractivity contribution is 5.99. The number of methoxy groups -OCH3 is 1. The van der Waals surface area contributed by atoms with E-state index in [0.29, 0.717) is 24.4 Å². The van der Waals surface area contributed by atoms with Crippen LogP contribution in [0.2, 0.25) is 0 Å². The van der Waals surface area contributed by atoms with Gasteiger partial charge in [-0.15, -0.1) is 10.2 Å². The molecule has 178 valence electrons. The average Bonchev–Trinajstić information content (AvgIpc) is 3.36. The van der Waals surface area contributed by atoms with E-state index in [4.69, 9.17) is 9.47 Å². The molecule has 2 aromatic heterocycles. The number of fused-ring (bicyclic) bond motifs is 4. The first-order valence-corrected chi connectivity index (χ1v) is 11.1. The Bertz CT molecular complexity index is 1390. The van der Waals surface area contributed by atoms with E-state index in [1.165, 1.54) is 0 Å². The third-order valence-electron chi connectivity index (χ3n) is 6.40. The van der Waals surface area contributed by atoms with Gasteiger partial charge >= 0.3 is 6.61 Å². The highest BCUT2D eigenvalue weighted by atomic mass is 19.3. The molecule has 1 aliphatic heterocycles. The minimum absolute atomic E-state index is 0.126. The topological polar surface area (TPSA) is 66.1 Å². The lowest BCUT2D eigenvalue weighted by Crippen LogP contribution is -2.36. The molecule has 7 nitrogen and oxygen atoms in total. The van der Waals surface area contributed by atoms with Crippen LogP contribution in [0.4, 0.5) is 14.5 Å². The number of nitrogens with one attached hydrogen (secondary N) is 1. The number of hydrogen-bond acceptors (Lipinski definition) is 5. The lowest BCUT2D eigenvalue weighted by molar-refractivity contribution is -0.0494. The standard InChI is InChI=1S/C25H27F2N5O2/c1-14-21(17-7-6-8-19-16(17)9-10-31(19)11-12-33-5)20(34-24(26)27)13-18-22(14)32-15(2)29-30-23(32)25(3,4)28-18/h6-10,13,24,28H,11-12H2,1-5H3. The minimum Gasteiger partial charge on any atom is -0.434 e. The molecular weight excluding hydrogens is 440 g/mol. The second kappa shape index (κ2) is 8.09. The van der Waals surface area contributed by atoms with Crippen LogP contribution in [0.3, 0.4) is 0 Å². The van der Waals surface area contributed by atoms with Crippen LogP contribution in [0.15, 0.2) is 36.5 Å². The van der Waals surface area contributed by atoms with Crippen molar-refractivity contribution in [2.75, 3.05) is 19.0 Å². The molecule has 0 saturated heterocycles. The fourth-order valence-electron chi connectivity index (χ4n) is 4.94. The molecule has 0 amide bonds. The molecular formula is C25H27F2N5O2. The Balaban J connectivity index is 1.80. The number of halogens is 2. The summed E-state index contributed by atoms with van der Waals surface area (Å²) in [5.74, 6) is 1.62. The average molecular weight is 468 g/mol. The summed E-state index contributed by atoms with van der Waals surface area (Å²) in [6, 6.07) is 9.55. The molecule has 0 spiro atoms. The number of nitrogens with zero attached hydrogens (tertiary/aromatic N) is 4. The van der Waals surface area contributed by atoms with Gasteiger partial charge in [0.05, 0.1) is 23.5 Å². The van der Waals surface area contributed by atoms with E-state index in [2.05, 4.69) is 20.1 Å². The van der Waals surface area contributed by atoms with Crippen molar-refractivity contribution < 1.29 is 18.3 Å². The van der Waals surface area contributed by atoms with E-state index < -0.39 is 12.2 Å². The summed E-state index contributed by atoms with van der Waals surface area (Å²) in [6.07, 6.45) is 1.99. The monoisotopic (exact) mass is 467 g/mol. The molecule has 3 heterocycles. The van der Waals surface area contributed by atoms with Gasteiger partial charge in [-0.3, -0.25) is 4.57 Å². The predicted molar refractivity (Wildman–Crippen MR) is 127 cm³/mol. The van der Waals surface area contributed by atoms with Crippen molar-refractivity contribution in [3.8, 4) is 22.6 Å². The maximum atomic E-state index is 13.6. The molecule has 0 saturated carbocycles. The molecule has 0 bridgehead atoms. The van der Waals surface area contributed by atoms with Crippen molar-refractivity contribution in [3.05, 3.63) is 53.7 Å². The summed E-state index contributed by atoms with van der Waals surface area (Å²) in [6.45, 7) is 6.09. The first-order valence-electron chi connectivity index (χ1n) is 11.1. The summed E-state index contributed by atoms with van der Waals surface area (Å²) in [7, 11) is 1.66. The fraction of sp³-hybridized carbons (Fsp3) is 0.360. The van der Waals surface area contributed by atoms with Crippen LogP contribution in [-0.2, 0) is 16.8 Å². The number of benzene rings is 2. The van der Waals surface area contributed by atoms with Crippen LogP contribution < -0.4 is 10.1 Å². The first kappa shape index (κ1) is 22.3. The number of rotatable bonds is 6. The zero-order valence-corrected chi connectivity index (χ0v) is 19.8. The van der Waals surface area contributed by atoms with Gasteiger partial charge in [0, 0.05) is 42.4 Å². The molecule has 0 aliphatic carbocycles. The highest BCUT2D eigenvalue weighted by Gasteiger charge is 2.36. The normalized spacial score (nSPS) is 14.2. The molecule has 0 atom stereocenters. The zero-order chi connectivity index (χ0) is 24.2. The number of ether oxygens (including phenoxy) is 2. The summed E-state index contributed by atoms with van der Waals surface area (Å²) in [5, 5.41) is 13.1. The maximum absolute atomic E-state index is 13.6. The Hall–Kier alpha value is -3.46. The highest BCUT2D eigenvalue weighted by Crippen LogP contribution is 2.47. The molecule has 1 aliphatic rings. The van der Waals surface area contributed by atoms with Crippen molar-refractivity contribution >= 4 is 16.6 Å². The lowest BCUT2D eigenvalue weighted by Gasteiger charge is -2.35. The predicted octanol–water partition coefficient (Wildman–Crippen LogP) is 5.41. The largest absolute Gasteiger partial charge is 0.434 e. The Morgan fingerprint density at radius 2 is 1.94 bits per heavy atom. The third kappa shape index (κ3) is 3.42. The van der Waals surface area contributed by atoms with Crippen LogP contribution >= 0.6 is 0 Å². The number of alkyl halides is 2. The molecule has 0 fully saturated rings. The molecule has 0 radical (unpaired) electrons. The lowest BCUT2D eigenvalue weighted by atomic mass is 9.91. The van der Waals surface area contributed by atoms with Crippen LogP contribution in [0.25, 0.3) is 27.7 Å². The molecule has 1 N–H and O–H groups in total. The summed E-state index contributed by atoms with van der Waals surface area (Å²) < 4.78 is 41.5. The van der Waals surface area contributed by atoms with E-state index in [0.717, 1.165) is 39.4 Å². The van der Waals surface area contributed by atoms with Crippen molar-refractivity contribution in [1.29, 1.82) is 0 Å². The van der Waals surface area contributed by atoms with Gasteiger partial charge in [0.15, 0.2) is 5.82 Å². The van der Waals surface area contributed by atoms with Gasteiger partial charge in [-0.05, 0) is 51.0 Å². The van der Waals surface area contributed by atoms with E-state index in [-0.39, 0.29) is 5.75 Å². The van der Waals surface area contributed by atoms with Crippen molar-refractivity contribution in [2.45, 2.75) is 46.4 Å². The Morgan fingerprint density at radius 1 is 1.15 bits per heavy atom. The van der Waals surface area contributed by atoms with Gasteiger partial charge in [0.2, 0.25) is 0 Å². The van der Waals surface area contributed by atoms with E-state index >= 15 is 0 Å². The van der Waals surface area contributed by atoms with Crippen LogP contribution in [0.5, 0.6) is 5.75 Å². The summed E-state index contributed by atoms with van der Waals surface area (Å²) >= 11 is 0. The minimum atomic E-state index is -2.95. The Morgan fingerprint density at radius 3 is 2.68 bits per heavy atom. The van der Waals surface area contributed by atoms with Gasteiger partial charge in [-0.2, -0.15) is 8.78 Å². The molecule has 4 aromatic rings. The SMILES string of the molecule is COCCn1ccc2c(-c3c(OC(F)F)cc4c(c3C)-n3c(C)nnc3C(C)(C)N4)cccc21. The van der Waals surface area contributed by atoms with Gasteiger partial charge in [-0.25, -0.2) is 0 Å². The zero-order valence-electron chi connectivity index (χ0n) is 19.8. The van der Waals surface area contributed by atoms with Gasteiger partial charge in [0.1, 0.15) is 11.6 Å².